The van der Waals surface area contributed by atoms with Crippen molar-refractivity contribution in [2.45, 2.75) is 26.1 Å². The molecular weight excluding hydrogens is 88.9 g/mol. The van der Waals surface area contributed by atoms with Gasteiger partial charge in [0.25, 0.3) is 0 Å². The zero-order valence-electron chi connectivity index (χ0n) is 4.72. The monoisotopic (exact) mass is 99.1 g/mol. The lowest BCUT2D eigenvalue weighted by Gasteiger charge is -2.09. The van der Waals surface area contributed by atoms with Crippen molar-refractivity contribution in [3.8, 4) is 0 Å². The topological polar surface area (TPSA) is 35.2 Å². The molecule has 0 aliphatic carbocycles. The van der Waals surface area contributed by atoms with Crippen LogP contribution in [0.15, 0.2) is 0 Å². The van der Waals surface area contributed by atoms with Gasteiger partial charge in [-0.2, -0.15) is 0 Å². The summed E-state index contributed by atoms with van der Waals surface area (Å²) in [7, 11) is 5.05. The molecule has 40 valence electrons. The minimum absolute atomic E-state index is 0.125. The van der Waals surface area contributed by atoms with Gasteiger partial charge in [0.2, 0.25) is 0 Å². The van der Waals surface area contributed by atoms with Crippen LogP contribution in [0.5, 0.6) is 0 Å². The first-order valence-corrected chi connectivity index (χ1v) is 2.29. The van der Waals surface area contributed by atoms with Crippen LogP contribution in [0.4, 0.5) is 0 Å². The van der Waals surface area contributed by atoms with Gasteiger partial charge in [0.15, 0.2) is 0 Å². The van der Waals surface area contributed by atoms with Crippen molar-refractivity contribution >= 4 is 7.85 Å². The van der Waals surface area contributed by atoms with Crippen molar-refractivity contribution in [1.29, 1.82) is 0 Å². The maximum Gasteiger partial charge on any atom is 0.130 e. The Labute approximate surface area is 45.4 Å². The van der Waals surface area contributed by atoms with Crippen LogP contribution < -0.4 is 5.73 Å². The van der Waals surface area contributed by atoms with Gasteiger partial charge >= 0.3 is 0 Å². The van der Waals surface area contributed by atoms with E-state index in [9.17, 15) is 0 Å². The summed E-state index contributed by atoms with van der Waals surface area (Å²) in [4.78, 5) is 0. The molecule has 0 aliphatic heterocycles. The molecule has 0 fully saturated rings. The molecule has 2 radical (unpaired) electrons. The maximum atomic E-state index is 5.05. The smallest absolute Gasteiger partial charge is 0.130 e. The molecule has 0 bridgehead atoms. The highest BCUT2D eigenvalue weighted by molar-refractivity contribution is 6.10. The molecule has 0 aliphatic rings. The second kappa shape index (κ2) is 3.05. The SMILES string of the molecule is [B]C(N)OC(C)C. The fourth-order valence-corrected chi connectivity index (χ4v) is 0.314. The first-order valence-electron chi connectivity index (χ1n) is 2.29. The summed E-state index contributed by atoms with van der Waals surface area (Å²) in [6, 6.07) is 0. The molecule has 0 amide bonds. The highest BCUT2D eigenvalue weighted by Gasteiger charge is 1.94. The minimum atomic E-state index is -0.625. The lowest BCUT2D eigenvalue weighted by molar-refractivity contribution is 0.0582. The first kappa shape index (κ1) is 6.98. The Bertz CT molecular complexity index is 41.0. The molecule has 0 rings (SSSR count). The second-order valence-electron chi connectivity index (χ2n) is 1.65. The highest BCUT2D eigenvalue weighted by atomic mass is 16.5. The Morgan fingerprint density at radius 3 is 2.00 bits per heavy atom. The summed E-state index contributed by atoms with van der Waals surface area (Å²) in [5, 5.41) is 0. The van der Waals surface area contributed by atoms with Crippen LogP contribution in [0.1, 0.15) is 13.8 Å². The van der Waals surface area contributed by atoms with Crippen molar-refractivity contribution in [2.75, 3.05) is 0 Å². The number of nitrogens with two attached hydrogens (primary N) is 1. The normalized spacial score (nSPS) is 14.9. The van der Waals surface area contributed by atoms with Gasteiger partial charge in [-0.3, -0.25) is 0 Å². The van der Waals surface area contributed by atoms with Crippen molar-refractivity contribution < 1.29 is 4.74 Å². The van der Waals surface area contributed by atoms with E-state index in [0.717, 1.165) is 0 Å². The fraction of sp³-hybridized carbons (Fsp3) is 1.00. The van der Waals surface area contributed by atoms with Gasteiger partial charge in [0.1, 0.15) is 7.85 Å². The Balaban J connectivity index is 2.95. The molecule has 0 saturated carbocycles. The predicted molar refractivity (Wildman–Crippen MR) is 30.0 cm³/mol. The van der Waals surface area contributed by atoms with Gasteiger partial charge in [-0.15, -0.1) is 0 Å². The van der Waals surface area contributed by atoms with Gasteiger partial charge < -0.3 is 10.5 Å². The average molecular weight is 98.9 g/mol. The molecule has 2 N–H and O–H groups in total. The van der Waals surface area contributed by atoms with Crippen molar-refractivity contribution in [3.05, 3.63) is 0 Å². The molecule has 0 aromatic rings. The summed E-state index contributed by atoms with van der Waals surface area (Å²) in [5.41, 5.74) is 5.05. The third-order valence-electron chi connectivity index (χ3n) is 0.429. The molecule has 0 spiro atoms. The number of ether oxygens (including phenoxy) is 1. The van der Waals surface area contributed by atoms with Crippen LogP contribution >= 0.6 is 0 Å². The zero-order chi connectivity index (χ0) is 5.86. The van der Waals surface area contributed by atoms with Crippen LogP contribution in [-0.2, 0) is 4.74 Å². The van der Waals surface area contributed by atoms with E-state index >= 15 is 0 Å². The van der Waals surface area contributed by atoms with Crippen LogP contribution in [0.3, 0.4) is 0 Å². The predicted octanol–water partition coefficient (Wildman–Crippen LogP) is -0.178. The highest BCUT2D eigenvalue weighted by Crippen LogP contribution is 1.86. The first-order chi connectivity index (χ1) is 3.13. The number of hydrogen-bond donors (Lipinski definition) is 1. The van der Waals surface area contributed by atoms with E-state index in [1.807, 2.05) is 13.8 Å². The Morgan fingerprint density at radius 2 is 2.00 bits per heavy atom. The van der Waals surface area contributed by atoms with Gasteiger partial charge in [0.05, 0.1) is 12.2 Å². The van der Waals surface area contributed by atoms with E-state index in [1.165, 1.54) is 0 Å². The van der Waals surface area contributed by atoms with Crippen LogP contribution in [0, 0.1) is 0 Å². The molecule has 3 heteroatoms. The van der Waals surface area contributed by atoms with E-state index in [1.54, 1.807) is 0 Å². The number of rotatable bonds is 2. The van der Waals surface area contributed by atoms with Crippen molar-refractivity contribution in [2.24, 2.45) is 5.73 Å². The maximum absolute atomic E-state index is 5.05. The molecular formula is C4H10BNO. The van der Waals surface area contributed by atoms with Gasteiger partial charge in [-0.25, -0.2) is 0 Å². The van der Waals surface area contributed by atoms with Crippen molar-refractivity contribution in [3.63, 3.8) is 0 Å². The van der Waals surface area contributed by atoms with Crippen LogP contribution in [0.25, 0.3) is 0 Å². The quantitative estimate of drug-likeness (QED) is 0.385. The van der Waals surface area contributed by atoms with E-state index in [-0.39, 0.29) is 6.10 Å². The summed E-state index contributed by atoms with van der Waals surface area (Å²) < 4.78 is 4.81. The third-order valence-corrected chi connectivity index (χ3v) is 0.429. The molecule has 1 atom stereocenters. The zero-order valence-corrected chi connectivity index (χ0v) is 4.72. The van der Waals surface area contributed by atoms with Gasteiger partial charge in [-0.1, -0.05) is 0 Å². The Morgan fingerprint density at radius 1 is 1.57 bits per heavy atom. The van der Waals surface area contributed by atoms with E-state index in [4.69, 9.17) is 18.3 Å². The summed E-state index contributed by atoms with van der Waals surface area (Å²) in [6.45, 7) is 3.76. The second-order valence-corrected chi connectivity index (χ2v) is 1.65. The molecule has 0 saturated heterocycles. The van der Waals surface area contributed by atoms with Crippen molar-refractivity contribution in [1.82, 2.24) is 0 Å². The molecule has 2 nitrogen and oxygen atoms in total. The van der Waals surface area contributed by atoms with Crippen LogP contribution in [0.2, 0.25) is 0 Å². The standard InChI is InChI=1S/C4H10BNO/c1-3(2)7-4(5)6/h3-4H,6H2,1-2H3. The lowest BCUT2D eigenvalue weighted by atomic mass is 10.1. The fourth-order valence-electron chi connectivity index (χ4n) is 0.314. The van der Waals surface area contributed by atoms with Gasteiger partial charge in [-0.05, 0) is 13.8 Å². The molecule has 0 aromatic carbocycles. The summed E-state index contributed by atoms with van der Waals surface area (Å²) in [6.07, 6.45) is -0.500. The average Bonchev–Trinajstić information content (AvgIpc) is 1.27. The van der Waals surface area contributed by atoms with Crippen LogP contribution in [-0.4, -0.2) is 20.1 Å². The molecule has 1 unspecified atom stereocenters. The van der Waals surface area contributed by atoms with E-state index in [2.05, 4.69) is 0 Å². The Hall–Kier alpha value is -0.0151. The Kier molecular flexibility index (Phi) is 3.04. The van der Waals surface area contributed by atoms with E-state index < -0.39 is 6.13 Å². The molecule has 0 heterocycles. The number of hydrogen-bond acceptors (Lipinski definition) is 2. The van der Waals surface area contributed by atoms with Gasteiger partial charge in [0, 0.05) is 0 Å². The summed E-state index contributed by atoms with van der Waals surface area (Å²) in [5.74, 6) is 0. The largest absolute Gasteiger partial charge is 0.371 e. The molecule has 7 heavy (non-hydrogen) atoms. The lowest BCUT2D eigenvalue weighted by Crippen LogP contribution is -2.26. The third kappa shape index (κ3) is 5.98. The minimum Gasteiger partial charge on any atom is -0.371 e. The molecule has 0 aromatic heterocycles. The summed E-state index contributed by atoms with van der Waals surface area (Å²) >= 11 is 0. The van der Waals surface area contributed by atoms with E-state index in [0.29, 0.717) is 0 Å².